The van der Waals surface area contributed by atoms with E-state index >= 15 is 0 Å². The molecule has 0 heterocycles. The molecule has 0 spiro atoms. The fourth-order valence-corrected chi connectivity index (χ4v) is 0.607. The van der Waals surface area contributed by atoms with Crippen molar-refractivity contribution in [3.63, 3.8) is 0 Å². The molecule has 0 aliphatic carbocycles. The smallest absolute Gasteiger partial charge is 0.305 e. The molecule has 0 aromatic carbocycles. The van der Waals surface area contributed by atoms with Crippen molar-refractivity contribution in [3.05, 3.63) is 0 Å². The highest BCUT2D eigenvalue weighted by Gasteiger charge is 1.97. The minimum atomic E-state index is -0.745. The zero-order valence-corrected chi connectivity index (χ0v) is 9.91. The van der Waals surface area contributed by atoms with Gasteiger partial charge < -0.3 is 9.84 Å². The minimum absolute atomic E-state index is 0.0593. The highest BCUT2D eigenvalue weighted by Crippen LogP contribution is 1.93. The fraction of sp³-hybridized carbons (Fsp3) is 0.818. The van der Waals surface area contributed by atoms with E-state index < -0.39 is 5.97 Å². The highest BCUT2D eigenvalue weighted by molar-refractivity contribution is 5.69. The van der Waals surface area contributed by atoms with Crippen molar-refractivity contribution in [2.45, 2.75) is 52.9 Å². The summed E-state index contributed by atoms with van der Waals surface area (Å²) in [5, 5.41) is 7.72. The molecular weight excluding hydrogens is 196 g/mol. The molecule has 0 saturated carbocycles. The third-order valence-electron chi connectivity index (χ3n) is 1.52. The number of unbranched alkanes of at least 4 members (excludes halogenated alkanes) is 1. The van der Waals surface area contributed by atoms with Crippen LogP contribution in [0.2, 0.25) is 0 Å². The van der Waals surface area contributed by atoms with E-state index in [-0.39, 0.29) is 12.4 Å². The molecule has 0 bridgehead atoms. The van der Waals surface area contributed by atoms with Gasteiger partial charge >= 0.3 is 11.9 Å². The quantitative estimate of drug-likeness (QED) is 0.550. The Hall–Kier alpha value is -1.06. The van der Waals surface area contributed by atoms with Gasteiger partial charge in [-0.1, -0.05) is 27.2 Å². The van der Waals surface area contributed by atoms with E-state index in [2.05, 4.69) is 6.92 Å². The van der Waals surface area contributed by atoms with Crippen LogP contribution in [-0.2, 0) is 14.3 Å². The van der Waals surface area contributed by atoms with E-state index in [1.807, 2.05) is 6.92 Å². The SMILES string of the molecule is CCC(=O)O.CCCCOC(=O)CCC. The molecule has 0 fully saturated rings. The standard InChI is InChI=1S/C8H16O2.C3H6O2/c1-3-5-7-10-8(9)6-4-2;1-2-3(4)5/h3-7H2,1-2H3;2H2,1H3,(H,4,5). The van der Waals surface area contributed by atoms with Gasteiger partial charge in [-0.2, -0.15) is 0 Å². The Kier molecular flexibility index (Phi) is 14.1. The van der Waals surface area contributed by atoms with Crippen LogP contribution in [0.1, 0.15) is 52.9 Å². The normalized spacial score (nSPS) is 8.73. The molecule has 0 radical (unpaired) electrons. The predicted octanol–water partition coefficient (Wildman–Crippen LogP) is 2.61. The molecule has 4 nitrogen and oxygen atoms in total. The largest absolute Gasteiger partial charge is 0.481 e. The Bertz CT molecular complexity index is 166. The maximum atomic E-state index is 10.7. The third kappa shape index (κ3) is 19.4. The molecule has 0 aliphatic heterocycles. The number of carboxylic acids is 1. The first-order chi connectivity index (χ1) is 7.08. The number of ether oxygens (including phenoxy) is 1. The monoisotopic (exact) mass is 218 g/mol. The van der Waals surface area contributed by atoms with Gasteiger partial charge in [0.15, 0.2) is 0 Å². The zero-order chi connectivity index (χ0) is 12.1. The van der Waals surface area contributed by atoms with Crippen molar-refractivity contribution in [3.8, 4) is 0 Å². The van der Waals surface area contributed by atoms with Gasteiger partial charge in [0.2, 0.25) is 0 Å². The Balaban J connectivity index is 0. The topological polar surface area (TPSA) is 63.6 Å². The lowest BCUT2D eigenvalue weighted by molar-refractivity contribution is -0.143. The Labute approximate surface area is 91.6 Å². The summed E-state index contributed by atoms with van der Waals surface area (Å²) in [5.74, 6) is -0.805. The summed E-state index contributed by atoms with van der Waals surface area (Å²) in [6.45, 7) is 6.24. The van der Waals surface area contributed by atoms with E-state index in [0.29, 0.717) is 13.0 Å². The summed E-state index contributed by atoms with van der Waals surface area (Å²) >= 11 is 0. The van der Waals surface area contributed by atoms with Crippen LogP contribution >= 0.6 is 0 Å². The number of carboxylic acid groups (broad SMARTS) is 1. The average Bonchev–Trinajstić information content (AvgIpc) is 2.19. The van der Waals surface area contributed by atoms with Crippen molar-refractivity contribution < 1.29 is 19.4 Å². The van der Waals surface area contributed by atoms with Crippen LogP contribution in [-0.4, -0.2) is 23.7 Å². The van der Waals surface area contributed by atoms with Gasteiger partial charge in [0, 0.05) is 12.8 Å². The second kappa shape index (κ2) is 12.9. The van der Waals surface area contributed by atoms with Gasteiger partial charge in [0.1, 0.15) is 0 Å². The molecule has 15 heavy (non-hydrogen) atoms. The number of hydrogen-bond donors (Lipinski definition) is 1. The third-order valence-corrected chi connectivity index (χ3v) is 1.52. The molecule has 0 saturated heterocycles. The van der Waals surface area contributed by atoms with Crippen LogP contribution in [0, 0.1) is 0 Å². The second-order valence-electron chi connectivity index (χ2n) is 3.07. The molecular formula is C11H22O4. The van der Waals surface area contributed by atoms with Gasteiger partial charge in [0.25, 0.3) is 0 Å². The number of esters is 1. The fourth-order valence-electron chi connectivity index (χ4n) is 0.607. The second-order valence-corrected chi connectivity index (χ2v) is 3.07. The number of hydrogen-bond acceptors (Lipinski definition) is 3. The minimum Gasteiger partial charge on any atom is -0.481 e. The zero-order valence-electron chi connectivity index (χ0n) is 9.91. The van der Waals surface area contributed by atoms with Crippen LogP contribution in [0.15, 0.2) is 0 Å². The molecule has 0 aliphatic rings. The van der Waals surface area contributed by atoms with Gasteiger partial charge in [-0.15, -0.1) is 0 Å². The van der Waals surface area contributed by atoms with Crippen LogP contribution < -0.4 is 0 Å². The molecule has 0 aromatic heterocycles. The van der Waals surface area contributed by atoms with E-state index in [1.54, 1.807) is 6.92 Å². The maximum absolute atomic E-state index is 10.7. The van der Waals surface area contributed by atoms with Crippen LogP contribution in [0.5, 0.6) is 0 Å². The van der Waals surface area contributed by atoms with Gasteiger partial charge in [-0.3, -0.25) is 9.59 Å². The summed E-state index contributed by atoms with van der Waals surface area (Å²) in [6, 6.07) is 0. The first-order valence-corrected chi connectivity index (χ1v) is 5.45. The maximum Gasteiger partial charge on any atom is 0.305 e. The summed E-state index contributed by atoms with van der Waals surface area (Å²) in [6.07, 6.45) is 3.73. The lowest BCUT2D eigenvalue weighted by Crippen LogP contribution is -2.04. The molecule has 0 unspecified atom stereocenters. The van der Waals surface area contributed by atoms with Crippen molar-refractivity contribution >= 4 is 11.9 Å². The van der Waals surface area contributed by atoms with Crippen LogP contribution in [0.25, 0.3) is 0 Å². The Morgan fingerprint density at radius 1 is 1.13 bits per heavy atom. The van der Waals surface area contributed by atoms with E-state index in [1.165, 1.54) is 0 Å². The van der Waals surface area contributed by atoms with Crippen molar-refractivity contribution in [2.24, 2.45) is 0 Å². The van der Waals surface area contributed by atoms with Crippen LogP contribution in [0.4, 0.5) is 0 Å². The van der Waals surface area contributed by atoms with Crippen molar-refractivity contribution in [1.29, 1.82) is 0 Å². The molecule has 0 atom stereocenters. The van der Waals surface area contributed by atoms with Gasteiger partial charge in [0.05, 0.1) is 6.61 Å². The summed E-state index contributed by atoms with van der Waals surface area (Å²) < 4.78 is 4.88. The molecule has 0 amide bonds. The highest BCUT2D eigenvalue weighted by atomic mass is 16.5. The van der Waals surface area contributed by atoms with Crippen LogP contribution in [0.3, 0.4) is 0 Å². The first kappa shape index (κ1) is 16.4. The molecule has 90 valence electrons. The Morgan fingerprint density at radius 3 is 2.00 bits per heavy atom. The number of carbonyl (C=O) groups excluding carboxylic acids is 1. The van der Waals surface area contributed by atoms with Gasteiger partial charge in [-0.05, 0) is 12.8 Å². The first-order valence-electron chi connectivity index (χ1n) is 5.45. The summed E-state index contributed by atoms with van der Waals surface area (Å²) in [7, 11) is 0. The van der Waals surface area contributed by atoms with E-state index in [4.69, 9.17) is 9.84 Å². The lowest BCUT2D eigenvalue weighted by atomic mass is 10.3. The van der Waals surface area contributed by atoms with E-state index in [9.17, 15) is 9.59 Å². The lowest BCUT2D eigenvalue weighted by Gasteiger charge is -2.00. The summed E-state index contributed by atoms with van der Waals surface area (Å²) in [4.78, 5) is 20.1. The summed E-state index contributed by atoms with van der Waals surface area (Å²) in [5.41, 5.74) is 0. The number of aliphatic carboxylic acids is 1. The molecule has 4 heteroatoms. The van der Waals surface area contributed by atoms with E-state index in [0.717, 1.165) is 19.3 Å². The predicted molar refractivity (Wildman–Crippen MR) is 58.7 cm³/mol. The Morgan fingerprint density at radius 2 is 1.67 bits per heavy atom. The van der Waals surface area contributed by atoms with Crippen molar-refractivity contribution in [1.82, 2.24) is 0 Å². The molecule has 0 rings (SSSR count). The number of rotatable bonds is 6. The average molecular weight is 218 g/mol. The number of carbonyl (C=O) groups is 2. The molecule has 1 N–H and O–H groups in total. The van der Waals surface area contributed by atoms with Gasteiger partial charge in [-0.25, -0.2) is 0 Å². The molecule has 0 aromatic rings. The van der Waals surface area contributed by atoms with Crippen molar-refractivity contribution in [2.75, 3.05) is 6.61 Å².